The fraction of sp³-hybridized carbons (Fsp3) is 0.182. The molecule has 5 heteroatoms. The van der Waals surface area contributed by atoms with E-state index in [0.29, 0.717) is 16.8 Å². The van der Waals surface area contributed by atoms with Gasteiger partial charge in [0.15, 0.2) is 6.10 Å². The lowest BCUT2D eigenvalue weighted by Crippen LogP contribution is -2.55. The highest BCUT2D eigenvalue weighted by Crippen LogP contribution is 2.29. The third-order valence-electron chi connectivity index (χ3n) is 2.16. The molecule has 0 aromatic heterocycles. The van der Waals surface area contributed by atoms with Crippen molar-refractivity contribution in [3.63, 3.8) is 0 Å². The number of hydrogen-bond donors (Lipinski definition) is 1. The minimum Gasteiger partial charge on any atom is -0.449 e. The van der Waals surface area contributed by atoms with Gasteiger partial charge in [-0.15, -0.1) is 0 Å². The van der Waals surface area contributed by atoms with Crippen molar-refractivity contribution in [1.82, 2.24) is 0 Å². The van der Waals surface area contributed by atoms with Crippen LogP contribution < -0.4 is 10.5 Å². The molecular formula is C11H11BrNO3+. The molecule has 2 rings (SSSR count). The summed E-state index contributed by atoms with van der Waals surface area (Å²) in [5, 5.41) is 0. The summed E-state index contributed by atoms with van der Waals surface area (Å²) in [7, 11) is 0. The van der Waals surface area contributed by atoms with Crippen LogP contribution in [0.4, 0.5) is 0 Å². The molecular weight excluding hydrogens is 274 g/mol. The lowest BCUT2D eigenvalue weighted by molar-refractivity contribution is -0.379. The smallest absolute Gasteiger partial charge is 0.376 e. The van der Waals surface area contributed by atoms with Crippen LogP contribution in [-0.2, 0) is 9.53 Å². The second kappa shape index (κ2) is 4.67. The first kappa shape index (κ1) is 11.2. The topological polar surface area (TPSA) is 63.2 Å². The van der Waals surface area contributed by atoms with Crippen LogP contribution in [0.1, 0.15) is 0 Å². The number of benzene rings is 1. The molecule has 1 aromatic rings. The molecule has 3 N–H and O–H groups in total. The van der Waals surface area contributed by atoms with Crippen molar-refractivity contribution in [2.24, 2.45) is 0 Å². The number of ether oxygens (including phenoxy) is 2. The Labute approximate surface area is 101 Å². The second-order valence-corrected chi connectivity index (χ2v) is 4.13. The van der Waals surface area contributed by atoms with Crippen LogP contribution in [0.5, 0.6) is 5.75 Å². The van der Waals surface area contributed by atoms with E-state index in [2.05, 4.69) is 21.7 Å². The SMILES string of the molecule is [NH3+]C[C@@H]1OC(=O)C(Oc2ccccc2)=C1Br. The maximum Gasteiger partial charge on any atom is 0.376 e. The third kappa shape index (κ3) is 2.10. The van der Waals surface area contributed by atoms with Crippen molar-refractivity contribution < 1.29 is 20.0 Å². The number of quaternary nitrogens is 1. The van der Waals surface area contributed by atoms with Gasteiger partial charge in [-0.25, -0.2) is 4.79 Å². The predicted molar refractivity (Wildman–Crippen MR) is 60.7 cm³/mol. The molecule has 84 valence electrons. The molecule has 16 heavy (non-hydrogen) atoms. The van der Waals surface area contributed by atoms with E-state index < -0.39 is 5.97 Å². The summed E-state index contributed by atoms with van der Waals surface area (Å²) in [6.07, 6.45) is -0.328. The zero-order chi connectivity index (χ0) is 11.5. The van der Waals surface area contributed by atoms with Crippen molar-refractivity contribution in [3.8, 4) is 5.75 Å². The fourth-order valence-electron chi connectivity index (χ4n) is 1.36. The summed E-state index contributed by atoms with van der Waals surface area (Å²) < 4.78 is 11.1. The average Bonchev–Trinajstić information content (AvgIpc) is 2.58. The van der Waals surface area contributed by atoms with E-state index in [0.717, 1.165) is 0 Å². The Morgan fingerprint density at radius 1 is 1.38 bits per heavy atom. The van der Waals surface area contributed by atoms with E-state index in [4.69, 9.17) is 9.47 Å². The zero-order valence-corrected chi connectivity index (χ0v) is 10.1. The number of rotatable bonds is 3. The van der Waals surface area contributed by atoms with Crippen LogP contribution in [0.25, 0.3) is 0 Å². The fourth-order valence-corrected chi connectivity index (χ4v) is 1.93. The van der Waals surface area contributed by atoms with E-state index in [1.807, 2.05) is 18.2 Å². The van der Waals surface area contributed by atoms with Gasteiger partial charge in [-0.05, 0) is 28.1 Å². The van der Waals surface area contributed by atoms with Gasteiger partial charge in [0.05, 0.1) is 4.48 Å². The van der Waals surface area contributed by atoms with Crippen LogP contribution >= 0.6 is 15.9 Å². The standard InChI is InChI=1S/C11H10BrNO3/c12-9-8(6-13)16-11(14)10(9)15-7-4-2-1-3-5-7/h1-5,8H,6,13H2/p+1/t8-/m0/s1. The quantitative estimate of drug-likeness (QED) is 0.837. The number of carbonyl (C=O) groups is 1. The first-order valence-electron chi connectivity index (χ1n) is 4.85. The Balaban J connectivity index is 2.21. The van der Waals surface area contributed by atoms with Crippen molar-refractivity contribution in [2.45, 2.75) is 6.10 Å². The number of para-hydroxylation sites is 1. The summed E-state index contributed by atoms with van der Waals surface area (Å²) in [5.74, 6) is 0.361. The Morgan fingerprint density at radius 3 is 2.62 bits per heavy atom. The normalized spacial score (nSPS) is 19.9. The largest absolute Gasteiger partial charge is 0.449 e. The van der Waals surface area contributed by atoms with E-state index in [-0.39, 0.29) is 11.9 Å². The molecule has 0 amide bonds. The average molecular weight is 285 g/mol. The monoisotopic (exact) mass is 284 g/mol. The van der Waals surface area contributed by atoms with Gasteiger partial charge in [-0.3, -0.25) is 0 Å². The van der Waals surface area contributed by atoms with E-state index in [1.165, 1.54) is 0 Å². The van der Waals surface area contributed by atoms with Gasteiger partial charge >= 0.3 is 5.97 Å². The van der Waals surface area contributed by atoms with Gasteiger partial charge in [0, 0.05) is 0 Å². The van der Waals surface area contributed by atoms with Crippen molar-refractivity contribution in [3.05, 3.63) is 40.6 Å². The number of hydrogen-bond acceptors (Lipinski definition) is 3. The van der Waals surface area contributed by atoms with Gasteiger partial charge in [0.1, 0.15) is 12.3 Å². The lowest BCUT2D eigenvalue weighted by atomic mass is 10.3. The van der Waals surface area contributed by atoms with Gasteiger partial charge in [0.2, 0.25) is 5.76 Å². The molecule has 1 aromatic carbocycles. The molecule has 0 unspecified atom stereocenters. The molecule has 0 saturated heterocycles. The maximum atomic E-state index is 11.5. The van der Waals surface area contributed by atoms with E-state index in [1.54, 1.807) is 12.1 Å². The van der Waals surface area contributed by atoms with Crippen LogP contribution in [0.3, 0.4) is 0 Å². The Morgan fingerprint density at radius 2 is 2.06 bits per heavy atom. The molecule has 0 radical (unpaired) electrons. The maximum absolute atomic E-state index is 11.5. The number of halogens is 1. The van der Waals surface area contributed by atoms with Crippen molar-refractivity contribution in [2.75, 3.05) is 6.54 Å². The summed E-state index contributed by atoms with van der Waals surface area (Å²) in [6, 6.07) is 9.10. The molecule has 1 atom stereocenters. The molecule has 1 aliphatic heterocycles. The highest BCUT2D eigenvalue weighted by atomic mass is 79.9. The number of esters is 1. The van der Waals surface area contributed by atoms with E-state index in [9.17, 15) is 4.79 Å². The van der Waals surface area contributed by atoms with Crippen LogP contribution in [-0.4, -0.2) is 18.6 Å². The summed E-state index contributed by atoms with van der Waals surface area (Å²) in [4.78, 5) is 11.5. The van der Waals surface area contributed by atoms with Crippen molar-refractivity contribution >= 4 is 21.9 Å². The number of carbonyl (C=O) groups excluding carboxylic acids is 1. The van der Waals surface area contributed by atoms with Gasteiger partial charge in [0.25, 0.3) is 0 Å². The predicted octanol–water partition coefficient (Wildman–Crippen LogP) is 0.839. The summed E-state index contributed by atoms with van der Waals surface area (Å²) >= 11 is 3.30. The number of cyclic esters (lactones) is 1. The zero-order valence-electron chi connectivity index (χ0n) is 8.48. The highest BCUT2D eigenvalue weighted by Gasteiger charge is 2.35. The van der Waals surface area contributed by atoms with Gasteiger partial charge in [-0.2, -0.15) is 0 Å². The van der Waals surface area contributed by atoms with Crippen LogP contribution in [0, 0.1) is 0 Å². The Hall–Kier alpha value is -1.33. The highest BCUT2D eigenvalue weighted by molar-refractivity contribution is 9.11. The molecule has 0 aliphatic carbocycles. The summed E-state index contributed by atoms with van der Waals surface area (Å²) in [5.41, 5.74) is 3.70. The Kier molecular flexibility index (Phi) is 3.26. The lowest BCUT2D eigenvalue weighted by Gasteiger charge is -2.03. The third-order valence-corrected chi connectivity index (χ3v) is 3.03. The minimum absolute atomic E-state index is 0.208. The molecule has 0 saturated carbocycles. The van der Waals surface area contributed by atoms with Crippen LogP contribution in [0.2, 0.25) is 0 Å². The molecule has 4 nitrogen and oxygen atoms in total. The molecule has 1 heterocycles. The van der Waals surface area contributed by atoms with E-state index >= 15 is 0 Å². The molecule has 1 aliphatic rings. The molecule has 0 fully saturated rings. The minimum atomic E-state index is -0.454. The first-order valence-corrected chi connectivity index (χ1v) is 5.64. The second-order valence-electron chi connectivity index (χ2n) is 3.27. The molecule has 0 bridgehead atoms. The van der Waals surface area contributed by atoms with Crippen LogP contribution in [0.15, 0.2) is 40.6 Å². The first-order chi connectivity index (χ1) is 7.72. The van der Waals surface area contributed by atoms with Crippen molar-refractivity contribution in [1.29, 1.82) is 0 Å². The van der Waals surface area contributed by atoms with Gasteiger partial charge in [-0.1, -0.05) is 18.2 Å². The van der Waals surface area contributed by atoms with Gasteiger partial charge < -0.3 is 15.2 Å². The summed E-state index contributed by atoms with van der Waals surface area (Å²) in [6.45, 7) is 0.480. The Bertz CT molecular complexity index is 430. The molecule has 0 spiro atoms.